The van der Waals surface area contributed by atoms with E-state index in [1.165, 1.54) is 6.07 Å². The smallest absolute Gasteiger partial charge is 0.385 e. The topological polar surface area (TPSA) is 41.8 Å². The molecule has 2 aromatic heterocycles. The molecule has 0 saturated carbocycles. The first-order valence-electron chi connectivity index (χ1n) is 3.42. The van der Waals surface area contributed by atoms with Crippen LogP contribution in [0.4, 0.5) is 19.0 Å². The van der Waals surface area contributed by atoms with Gasteiger partial charge in [-0.2, -0.15) is 13.2 Å². The van der Waals surface area contributed by atoms with Gasteiger partial charge in [0.1, 0.15) is 15.5 Å². The monoisotopic (exact) mass is 206 g/mol. The van der Waals surface area contributed by atoms with E-state index in [0.717, 1.165) is 6.07 Å². The van der Waals surface area contributed by atoms with Gasteiger partial charge in [0.25, 0.3) is 0 Å². The van der Waals surface area contributed by atoms with Crippen molar-refractivity contribution < 1.29 is 13.2 Å². The third-order valence-electron chi connectivity index (χ3n) is 1.61. The normalized spacial score (nSPS) is 12.5. The average molecular weight is 206 g/mol. The molecule has 0 atom stereocenters. The lowest BCUT2D eigenvalue weighted by atomic mass is 10.3. The van der Waals surface area contributed by atoms with Crippen molar-refractivity contribution in [1.29, 1.82) is 0 Å². The number of anilines is 1. The van der Waals surface area contributed by atoms with E-state index in [1.807, 2.05) is 0 Å². The molecule has 0 bridgehead atoms. The Morgan fingerprint density at radius 2 is 2.00 bits per heavy atom. The third-order valence-corrected chi connectivity index (χ3v) is 2.72. The van der Waals surface area contributed by atoms with E-state index >= 15 is 0 Å². The predicted octanol–water partition coefficient (Wildman–Crippen LogP) is 2.83. The summed E-state index contributed by atoms with van der Waals surface area (Å²) in [7, 11) is 0. The molecule has 0 aliphatic heterocycles. The van der Waals surface area contributed by atoms with Gasteiger partial charge in [0.15, 0.2) is 0 Å². The summed E-state index contributed by atoms with van der Waals surface area (Å²) < 4.78 is 36.5. The van der Waals surface area contributed by atoms with E-state index < -0.39 is 11.1 Å². The van der Waals surface area contributed by atoms with Crippen LogP contribution in [-0.4, -0.2) is 4.98 Å². The van der Waals surface area contributed by atoms with E-state index in [9.17, 15) is 13.2 Å². The molecular weight excluding hydrogens is 201 g/mol. The van der Waals surface area contributed by atoms with Crippen LogP contribution in [0, 0.1) is 0 Å². The molecule has 0 spiro atoms. The number of thiophene rings is 1. The number of aromatic nitrogens is 1. The summed E-state index contributed by atoms with van der Waals surface area (Å²) in [5.41, 5.74) is 5.36. The molecular formula is C7H5F3N2S. The molecule has 2 heterocycles. The van der Waals surface area contributed by atoms with Gasteiger partial charge in [-0.3, -0.25) is 0 Å². The van der Waals surface area contributed by atoms with Crippen molar-refractivity contribution in [3.63, 3.8) is 0 Å². The summed E-state index contributed by atoms with van der Waals surface area (Å²) in [4.78, 5) is 2.51. The van der Waals surface area contributed by atoms with Crippen molar-refractivity contribution >= 4 is 27.4 Å². The molecule has 0 radical (unpaired) electrons. The van der Waals surface area contributed by atoms with Gasteiger partial charge < -0.3 is 10.7 Å². The van der Waals surface area contributed by atoms with Crippen molar-refractivity contribution in [1.82, 2.24) is 4.98 Å². The second-order valence-corrected chi connectivity index (χ2v) is 3.67. The summed E-state index contributed by atoms with van der Waals surface area (Å²) in [5.74, 6) is 0.384. The molecule has 0 unspecified atom stereocenters. The van der Waals surface area contributed by atoms with Crippen LogP contribution >= 0.6 is 11.3 Å². The van der Waals surface area contributed by atoms with Crippen LogP contribution in [0.5, 0.6) is 0 Å². The van der Waals surface area contributed by atoms with Crippen LogP contribution in [0.1, 0.15) is 4.88 Å². The Morgan fingerprint density at radius 3 is 2.54 bits per heavy atom. The van der Waals surface area contributed by atoms with Crippen LogP contribution in [-0.2, 0) is 6.18 Å². The maximum absolute atomic E-state index is 12.2. The molecule has 0 aliphatic rings. The zero-order valence-electron chi connectivity index (χ0n) is 6.27. The molecule has 0 amide bonds. The Morgan fingerprint density at radius 1 is 1.31 bits per heavy atom. The van der Waals surface area contributed by atoms with Crippen molar-refractivity contribution in [2.24, 2.45) is 0 Å². The highest BCUT2D eigenvalue weighted by molar-refractivity contribution is 7.18. The standard InChI is InChI=1S/C7H5F3N2S/c8-7(9,10)4-1-3-2-5(11)12-6(3)13-4/h1-2,12H,11H2. The predicted molar refractivity (Wildman–Crippen MR) is 45.6 cm³/mol. The van der Waals surface area contributed by atoms with E-state index in [4.69, 9.17) is 5.73 Å². The number of nitrogens with one attached hydrogen (secondary N) is 1. The van der Waals surface area contributed by atoms with Gasteiger partial charge in [-0.15, -0.1) is 11.3 Å². The van der Waals surface area contributed by atoms with Crippen molar-refractivity contribution in [2.45, 2.75) is 6.18 Å². The molecule has 2 rings (SSSR count). The summed E-state index contributed by atoms with van der Waals surface area (Å²) in [6, 6.07) is 2.58. The fourth-order valence-electron chi connectivity index (χ4n) is 1.08. The van der Waals surface area contributed by atoms with Crippen molar-refractivity contribution in [3.8, 4) is 0 Å². The van der Waals surface area contributed by atoms with E-state index in [2.05, 4.69) is 4.98 Å². The number of rotatable bonds is 0. The Labute approximate surface area is 75.2 Å². The zero-order valence-corrected chi connectivity index (χ0v) is 7.09. The Kier molecular flexibility index (Phi) is 1.56. The number of alkyl halides is 3. The first-order valence-corrected chi connectivity index (χ1v) is 4.24. The second-order valence-electron chi connectivity index (χ2n) is 2.62. The van der Waals surface area contributed by atoms with E-state index in [0.29, 0.717) is 27.4 Å². The molecule has 0 aromatic carbocycles. The van der Waals surface area contributed by atoms with Crippen LogP contribution in [0.3, 0.4) is 0 Å². The molecule has 2 nitrogen and oxygen atoms in total. The largest absolute Gasteiger partial charge is 0.425 e. The number of nitrogens with two attached hydrogens (primary N) is 1. The lowest BCUT2D eigenvalue weighted by Gasteiger charge is -1.99. The first kappa shape index (κ1) is 8.43. The maximum Gasteiger partial charge on any atom is 0.425 e. The number of nitrogen functional groups attached to an aromatic ring is 1. The Bertz CT molecular complexity index is 408. The molecule has 0 saturated heterocycles. The quantitative estimate of drug-likeness (QED) is 0.683. The Hall–Kier alpha value is -1.17. The van der Waals surface area contributed by atoms with E-state index in [-0.39, 0.29) is 0 Å². The molecule has 2 aromatic rings. The molecule has 13 heavy (non-hydrogen) atoms. The Balaban J connectivity index is 2.57. The lowest BCUT2D eigenvalue weighted by Crippen LogP contribution is -2.00. The minimum atomic E-state index is -4.26. The minimum Gasteiger partial charge on any atom is -0.385 e. The third kappa shape index (κ3) is 1.37. The zero-order chi connectivity index (χ0) is 9.64. The molecule has 6 heteroatoms. The molecule has 0 aliphatic carbocycles. The van der Waals surface area contributed by atoms with Gasteiger partial charge in [0.05, 0.1) is 0 Å². The van der Waals surface area contributed by atoms with E-state index in [1.54, 1.807) is 0 Å². The highest BCUT2D eigenvalue weighted by Crippen LogP contribution is 2.38. The van der Waals surface area contributed by atoms with Crippen molar-refractivity contribution in [2.75, 3.05) is 5.73 Å². The fraction of sp³-hybridized carbons (Fsp3) is 0.143. The van der Waals surface area contributed by atoms with Crippen LogP contribution in [0.2, 0.25) is 0 Å². The lowest BCUT2D eigenvalue weighted by molar-refractivity contribution is -0.134. The van der Waals surface area contributed by atoms with Gasteiger partial charge in [0, 0.05) is 5.39 Å². The number of hydrogen-bond acceptors (Lipinski definition) is 2. The number of H-pyrrole nitrogens is 1. The number of fused-ring (bicyclic) bond motifs is 1. The van der Waals surface area contributed by atoms with Gasteiger partial charge in [0.2, 0.25) is 0 Å². The summed E-state index contributed by atoms with van der Waals surface area (Å²) in [6.07, 6.45) is -4.26. The number of hydrogen-bond donors (Lipinski definition) is 2. The van der Waals surface area contributed by atoms with Gasteiger partial charge in [-0.05, 0) is 12.1 Å². The minimum absolute atomic E-state index is 0.384. The van der Waals surface area contributed by atoms with Crippen LogP contribution in [0.15, 0.2) is 12.1 Å². The fourth-order valence-corrected chi connectivity index (χ4v) is 2.01. The van der Waals surface area contributed by atoms with Crippen LogP contribution < -0.4 is 5.73 Å². The van der Waals surface area contributed by atoms with Crippen LogP contribution in [0.25, 0.3) is 10.2 Å². The van der Waals surface area contributed by atoms with Gasteiger partial charge in [-0.25, -0.2) is 0 Å². The van der Waals surface area contributed by atoms with Gasteiger partial charge in [-0.1, -0.05) is 0 Å². The second kappa shape index (κ2) is 2.41. The summed E-state index contributed by atoms with van der Waals surface area (Å²) >= 11 is 0.664. The molecule has 70 valence electrons. The first-order chi connectivity index (χ1) is 5.97. The number of halogens is 3. The summed E-state index contributed by atoms with van der Waals surface area (Å²) in [5, 5.41) is 0.509. The average Bonchev–Trinajstić information content (AvgIpc) is 2.40. The maximum atomic E-state index is 12.2. The summed E-state index contributed by atoms with van der Waals surface area (Å²) in [6.45, 7) is 0. The molecule has 3 N–H and O–H groups in total. The van der Waals surface area contributed by atoms with Gasteiger partial charge >= 0.3 is 6.18 Å². The number of aromatic amines is 1. The highest BCUT2D eigenvalue weighted by Gasteiger charge is 2.33. The highest BCUT2D eigenvalue weighted by atomic mass is 32.1. The van der Waals surface area contributed by atoms with Crippen molar-refractivity contribution in [3.05, 3.63) is 17.0 Å². The SMILES string of the molecule is Nc1cc2cc(C(F)(F)F)sc2[nH]1. The molecule has 0 fully saturated rings.